The molecule has 2 rings (SSSR count). The van der Waals surface area contributed by atoms with E-state index in [-0.39, 0.29) is 17.6 Å². The molecule has 2 fully saturated rings. The Labute approximate surface area is 97.3 Å². The fourth-order valence-corrected chi connectivity index (χ4v) is 2.57. The zero-order valence-corrected chi connectivity index (χ0v) is 10.5. The van der Waals surface area contributed by atoms with E-state index < -0.39 is 0 Å². The SMILES string of the molecule is CC1CCNC1C(=O)N1CCOC(C)(C)C1. The van der Waals surface area contributed by atoms with Crippen molar-refractivity contribution in [1.82, 2.24) is 10.2 Å². The van der Waals surface area contributed by atoms with Gasteiger partial charge in [0.05, 0.1) is 18.2 Å². The highest BCUT2D eigenvalue weighted by Crippen LogP contribution is 2.21. The van der Waals surface area contributed by atoms with Crippen molar-refractivity contribution in [2.45, 2.75) is 38.8 Å². The van der Waals surface area contributed by atoms with Crippen LogP contribution in [0.2, 0.25) is 0 Å². The van der Waals surface area contributed by atoms with E-state index >= 15 is 0 Å². The van der Waals surface area contributed by atoms with E-state index in [0.29, 0.717) is 19.1 Å². The number of amides is 1. The molecule has 1 amide bonds. The van der Waals surface area contributed by atoms with Crippen molar-refractivity contribution >= 4 is 5.91 Å². The van der Waals surface area contributed by atoms with Crippen LogP contribution < -0.4 is 5.32 Å². The van der Waals surface area contributed by atoms with Crippen LogP contribution in [0.4, 0.5) is 0 Å². The van der Waals surface area contributed by atoms with Crippen molar-refractivity contribution in [1.29, 1.82) is 0 Å². The van der Waals surface area contributed by atoms with E-state index in [4.69, 9.17) is 4.74 Å². The second-order valence-corrected chi connectivity index (χ2v) is 5.57. The maximum absolute atomic E-state index is 12.3. The third-order valence-corrected chi connectivity index (χ3v) is 3.54. The van der Waals surface area contributed by atoms with Gasteiger partial charge in [0.2, 0.25) is 5.91 Å². The monoisotopic (exact) mass is 226 g/mol. The number of ether oxygens (including phenoxy) is 1. The normalized spacial score (nSPS) is 34.1. The van der Waals surface area contributed by atoms with Gasteiger partial charge in [-0.05, 0) is 32.7 Å². The van der Waals surface area contributed by atoms with Gasteiger partial charge in [0, 0.05) is 13.1 Å². The molecule has 2 heterocycles. The van der Waals surface area contributed by atoms with Gasteiger partial charge < -0.3 is 15.0 Å². The first-order chi connectivity index (χ1) is 7.49. The lowest BCUT2D eigenvalue weighted by Gasteiger charge is -2.39. The van der Waals surface area contributed by atoms with Gasteiger partial charge in [-0.2, -0.15) is 0 Å². The Bertz CT molecular complexity index is 278. The first-order valence-corrected chi connectivity index (χ1v) is 6.16. The number of hydrogen-bond acceptors (Lipinski definition) is 3. The second kappa shape index (κ2) is 4.34. The predicted octanol–water partition coefficient (Wildman–Crippen LogP) is 0.622. The smallest absolute Gasteiger partial charge is 0.240 e. The molecule has 0 aromatic rings. The van der Waals surface area contributed by atoms with Crippen molar-refractivity contribution in [2.75, 3.05) is 26.2 Å². The van der Waals surface area contributed by atoms with Gasteiger partial charge in [-0.3, -0.25) is 4.79 Å². The third kappa shape index (κ3) is 2.38. The van der Waals surface area contributed by atoms with Crippen LogP contribution in [0.3, 0.4) is 0 Å². The predicted molar refractivity (Wildman–Crippen MR) is 62.2 cm³/mol. The molecule has 0 aromatic heterocycles. The summed E-state index contributed by atoms with van der Waals surface area (Å²) in [5, 5.41) is 3.30. The molecule has 0 bridgehead atoms. The highest BCUT2D eigenvalue weighted by atomic mass is 16.5. The zero-order chi connectivity index (χ0) is 11.8. The number of carbonyl (C=O) groups is 1. The molecule has 2 unspecified atom stereocenters. The van der Waals surface area contributed by atoms with Gasteiger partial charge in [0.1, 0.15) is 0 Å². The molecule has 0 spiro atoms. The van der Waals surface area contributed by atoms with E-state index in [0.717, 1.165) is 19.5 Å². The van der Waals surface area contributed by atoms with Crippen LogP contribution in [-0.4, -0.2) is 48.7 Å². The minimum atomic E-state index is -0.199. The van der Waals surface area contributed by atoms with Gasteiger partial charge in [0.25, 0.3) is 0 Å². The third-order valence-electron chi connectivity index (χ3n) is 3.54. The van der Waals surface area contributed by atoms with Gasteiger partial charge in [-0.15, -0.1) is 0 Å². The van der Waals surface area contributed by atoms with Crippen molar-refractivity contribution in [3.8, 4) is 0 Å². The van der Waals surface area contributed by atoms with Crippen LogP contribution >= 0.6 is 0 Å². The summed E-state index contributed by atoms with van der Waals surface area (Å²) < 4.78 is 5.62. The van der Waals surface area contributed by atoms with E-state index in [1.54, 1.807) is 0 Å². The standard InChI is InChI=1S/C12H22N2O2/c1-9-4-5-13-10(9)11(15)14-6-7-16-12(2,3)8-14/h9-10,13H,4-8H2,1-3H3. The summed E-state index contributed by atoms with van der Waals surface area (Å²) in [4.78, 5) is 14.3. The largest absolute Gasteiger partial charge is 0.372 e. The molecule has 2 saturated heterocycles. The van der Waals surface area contributed by atoms with Gasteiger partial charge >= 0.3 is 0 Å². The Balaban J connectivity index is 1.99. The maximum Gasteiger partial charge on any atom is 0.240 e. The number of morpholine rings is 1. The molecule has 92 valence electrons. The fraction of sp³-hybridized carbons (Fsp3) is 0.917. The summed E-state index contributed by atoms with van der Waals surface area (Å²) >= 11 is 0. The molecule has 1 N–H and O–H groups in total. The van der Waals surface area contributed by atoms with Crippen LogP contribution in [0.25, 0.3) is 0 Å². The van der Waals surface area contributed by atoms with Crippen LogP contribution in [0.5, 0.6) is 0 Å². The molecule has 0 saturated carbocycles. The second-order valence-electron chi connectivity index (χ2n) is 5.57. The number of nitrogens with zero attached hydrogens (tertiary/aromatic N) is 1. The molecule has 16 heavy (non-hydrogen) atoms. The molecule has 2 aliphatic heterocycles. The van der Waals surface area contributed by atoms with E-state index in [9.17, 15) is 4.79 Å². The highest BCUT2D eigenvalue weighted by Gasteiger charge is 2.36. The topological polar surface area (TPSA) is 41.6 Å². The van der Waals surface area contributed by atoms with Crippen molar-refractivity contribution in [3.05, 3.63) is 0 Å². The summed E-state index contributed by atoms with van der Waals surface area (Å²) in [6, 6.07) is 0.0221. The Morgan fingerprint density at radius 2 is 2.25 bits per heavy atom. The molecule has 4 heteroatoms. The summed E-state index contributed by atoms with van der Waals surface area (Å²) in [7, 11) is 0. The van der Waals surface area contributed by atoms with E-state index in [1.165, 1.54) is 0 Å². The number of nitrogens with one attached hydrogen (secondary N) is 1. The number of hydrogen-bond donors (Lipinski definition) is 1. The average molecular weight is 226 g/mol. The van der Waals surface area contributed by atoms with Crippen molar-refractivity contribution in [3.63, 3.8) is 0 Å². The van der Waals surface area contributed by atoms with Crippen molar-refractivity contribution in [2.24, 2.45) is 5.92 Å². The van der Waals surface area contributed by atoms with Crippen LogP contribution in [0.15, 0.2) is 0 Å². The lowest BCUT2D eigenvalue weighted by atomic mass is 10.0. The van der Waals surface area contributed by atoms with Crippen LogP contribution in [0.1, 0.15) is 27.2 Å². The summed E-state index contributed by atoms with van der Waals surface area (Å²) in [5.74, 6) is 0.708. The van der Waals surface area contributed by atoms with Crippen LogP contribution in [0, 0.1) is 5.92 Å². The number of carbonyl (C=O) groups excluding carboxylic acids is 1. The average Bonchev–Trinajstić information content (AvgIpc) is 2.62. The molecule has 2 aliphatic rings. The summed E-state index contributed by atoms with van der Waals surface area (Å²) in [5.41, 5.74) is -0.199. The molecule has 2 atom stereocenters. The fourth-order valence-electron chi connectivity index (χ4n) is 2.57. The van der Waals surface area contributed by atoms with Gasteiger partial charge in [-0.1, -0.05) is 6.92 Å². The molecule has 0 aliphatic carbocycles. The first-order valence-electron chi connectivity index (χ1n) is 6.16. The lowest BCUT2D eigenvalue weighted by Crippen LogP contribution is -2.55. The highest BCUT2D eigenvalue weighted by molar-refractivity contribution is 5.82. The minimum Gasteiger partial charge on any atom is -0.372 e. The zero-order valence-electron chi connectivity index (χ0n) is 10.5. The molecule has 0 radical (unpaired) electrons. The van der Waals surface area contributed by atoms with Gasteiger partial charge in [-0.25, -0.2) is 0 Å². The molecular weight excluding hydrogens is 204 g/mol. The maximum atomic E-state index is 12.3. The Morgan fingerprint density at radius 3 is 2.81 bits per heavy atom. The summed E-state index contributed by atoms with van der Waals surface area (Å²) in [6.07, 6.45) is 1.10. The lowest BCUT2D eigenvalue weighted by molar-refractivity contribution is -0.148. The Kier molecular flexibility index (Phi) is 3.22. The van der Waals surface area contributed by atoms with E-state index in [2.05, 4.69) is 12.2 Å². The number of rotatable bonds is 1. The minimum absolute atomic E-state index is 0.0221. The van der Waals surface area contributed by atoms with Gasteiger partial charge in [0.15, 0.2) is 0 Å². The Morgan fingerprint density at radius 1 is 1.50 bits per heavy atom. The molecule has 0 aromatic carbocycles. The van der Waals surface area contributed by atoms with Crippen molar-refractivity contribution < 1.29 is 9.53 Å². The quantitative estimate of drug-likeness (QED) is 0.713. The van der Waals surface area contributed by atoms with Crippen LogP contribution in [-0.2, 0) is 9.53 Å². The Hall–Kier alpha value is -0.610. The molecule has 4 nitrogen and oxygen atoms in total. The van der Waals surface area contributed by atoms with E-state index in [1.807, 2.05) is 18.7 Å². The first kappa shape index (κ1) is 11.9. The molecular formula is C12H22N2O2. The summed E-state index contributed by atoms with van der Waals surface area (Å²) in [6.45, 7) is 9.28.